The lowest BCUT2D eigenvalue weighted by Crippen LogP contribution is -1.89. The zero-order chi connectivity index (χ0) is 18.6. The monoisotopic (exact) mass is 388 g/mol. The Hall–Kier alpha value is -1.24. The molecule has 0 saturated carbocycles. The van der Waals surface area contributed by atoms with Crippen molar-refractivity contribution in [3.05, 3.63) is 75.8 Å². The molecule has 0 saturated heterocycles. The summed E-state index contributed by atoms with van der Waals surface area (Å²) in [5, 5.41) is 1.54. The van der Waals surface area contributed by atoms with Crippen molar-refractivity contribution in [2.45, 2.75) is 64.7 Å². The van der Waals surface area contributed by atoms with Gasteiger partial charge in [0.05, 0.1) is 0 Å². The van der Waals surface area contributed by atoms with Crippen molar-refractivity contribution < 1.29 is 0 Å². The van der Waals surface area contributed by atoms with Crippen LogP contribution < -0.4 is 0 Å². The minimum absolute atomic E-state index is 0.771. The van der Waals surface area contributed by atoms with Gasteiger partial charge in [0.2, 0.25) is 0 Å². The van der Waals surface area contributed by atoms with Gasteiger partial charge >= 0.3 is 0 Å². The van der Waals surface area contributed by atoms with Gasteiger partial charge in [-0.3, -0.25) is 0 Å². The fraction of sp³-hybridized carbons (Fsp3) is 0.417. The van der Waals surface area contributed by atoms with Gasteiger partial charge in [-0.05, 0) is 53.8 Å². The van der Waals surface area contributed by atoms with E-state index in [-0.39, 0.29) is 0 Å². The Kier molecular flexibility index (Phi) is 9.89. The number of unbranched alkanes of at least 4 members (excludes halogenated alkanes) is 8. The standard InChI is InChI=1S/C24H30Cl2/c1-2-3-4-5-6-7-8-9-10-11-24(20-12-16-22(25)17-13-20)21-14-18-23(26)19-15-21/h11-19H,2-10H2,1H3. The Morgan fingerprint density at radius 1 is 0.654 bits per heavy atom. The molecule has 0 aliphatic rings. The summed E-state index contributed by atoms with van der Waals surface area (Å²) < 4.78 is 0. The molecule has 2 rings (SSSR count). The van der Waals surface area contributed by atoms with Crippen LogP contribution in [0.4, 0.5) is 0 Å². The van der Waals surface area contributed by atoms with E-state index in [1.165, 1.54) is 68.1 Å². The molecule has 0 aliphatic carbocycles. The number of benzene rings is 2. The molecule has 0 amide bonds. The lowest BCUT2D eigenvalue weighted by Gasteiger charge is -2.10. The molecule has 0 atom stereocenters. The number of rotatable bonds is 11. The van der Waals surface area contributed by atoms with Gasteiger partial charge < -0.3 is 0 Å². The summed E-state index contributed by atoms with van der Waals surface area (Å²) in [6, 6.07) is 16.2. The summed E-state index contributed by atoms with van der Waals surface area (Å²) >= 11 is 12.1. The number of hydrogen-bond acceptors (Lipinski definition) is 0. The van der Waals surface area contributed by atoms with Gasteiger partial charge in [-0.15, -0.1) is 0 Å². The number of halogens is 2. The Morgan fingerprint density at radius 2 is 1.08 bits per heavy atom. The molecule has 0 N–H and O–H groups in total. The van der Waals surface area contributed by atoms with Crippen LogP contribution in [0.1, 0.15) is 75.8 Å². The predicted octanol–water partition coefficient (Wildman–Crippen LogP) is 8.96. The second-order valence-corrected chi connectivity index (χ2v) is 7.77. The minimum atomic E-state index is 0.771. The van der Waals surface area contributed by atoms with Gasteiger partial charge in [-0.2, -0.15) is 0 Å². The molecule has 140 valence electrons. The third kappa shape index (κ3) is 7.56. The maximum absolute atomic E-state index is 6.05. The highest BCUT2D eigenvalue weighted by molar-refractivity contribution is 6.31. The summed E-state index contributed by atoms with van der Waals surface area (Å²) in [6.45, 7) is 2.27. The van der Waals surface area contributed by atoms with Crippen molar-refractivity contribution in [1.82, 2.24) is 0 Å². The highest BCUT2D eigenvalue weighted by atomic mass is 35.5. The normalized spacial score (nSPS) is 10.7. The van der Waals surface area contributed by atoms with Crippen LogP contribution >= 0.6 is 23.2 Å². The van der Waals surface area contributed by atoms with E-state index in [0.717, 1.165) is 16.5 Å². The largest absolute Gasteiger partial charge is 0.0843 e. The fourth-order valence-electron chi connectivity index (χ4n) is 3.19. The second-order valence-electron chi connectivity index (χ2n) is 6.90. The smallest absolute Gasteiger partial charge is 0.0406 e. The van der Waals surface area contributed by atoms with Crippen LogP contribution in [0.25, 0.3) is 5.57 Å². The predicted molar refractivity (Wildman–Crippen MR) is 117 cm³/mol. The van der Waals surface area contributed by atoms with E-state index in [2.05, 4.69) is 37.3 Å². The minimum Gasteiger partial charge on any atom is -0.0843 e. The molecule has 0 aromatic heterocycles. The van der Waals surface area contributed by atoms with E-state index < -0.39 is 0 Å². The van der Waals surface area contributed by atoms with E-state index >= 15 is 0 Å². The van der Waals surface area contributed by atoms with E-state index in [1.807, 2.05) is 24.3 Å². The molecule has 0 unspecified atom stereocenters. The van der Waals surface area contributed by atoms with E-state index in [0.29, 0.717) is 0 Å². The van der Waals surface area contributed by atoms with Crippen LogP contribution in [0.5, 0.6) is 0 Å². The van der Waals surface area contributed by atoms with Crippen molar-refractivity contribution in [3.63, 3.8) is 0 Å². The molecule has 0 heterocycles. The molecule has 2 aromatic carbocycles. The first-order valence-corrected chi connectivity index (χ1v) is 10.7. The molecular formula is C24H30Cl2. The van der Waals surface area contributed by atoms with Crippen LogP contribution in [0.15, 0.2) is 54.6 Å². The Balaban J connectivity index is 1.92. The summed E-state index contributed by atoms with van der Waals surface area (Å²) in [6.07, 6.45) is 14.3. The van der Waals surface area contributed by atoms with Gasteiger partial charge in [-0.1, -0.05) is 105 Å². The van der Waals surface area contributed by atoms with Crippen molar-refractivity contribution in [3.8, 4) is 0 Å². The van der Waals surface area contributed by atoms with Crippen LogP contribution in [-0.4, -0.2) is 0 Å². The van der Waals surface area contributed by atoms with Crippen molar-refractivity contribution in [2.24, 2.45) is 0 Å². The molecule has 26 heavy (non-hydrogen) atoms. The van der Waals surface area contributed by atoms with E-state index in [4.69, 9.17) is 23.2 Å². The maximum Gasteiger partial charge on any atom is 0.0406 e. The zero-order valence-electron chi connectivity index (χ0n) is 15.8. The number of allylic oxidation sites excluding steroid dienone is 1. The Labute approximate surface area is 169 Å². The lowest BCUT2D eigenvalue weighted by atomic mass is 9.96. The second kappa shape index (κ2) is 12.2. The topological polar surface area (TPSA) is 0 Å². The van der Waals surface area contributed by atoms with E-state index in [9.17, 15) is 0 Å². The van der Waals surface area contributed by atoms with Gasteiger partial charge in [-0.25, -0.2) is 0 Å². The zero-order valence-corrected chi connectivity index (χ0v) is 17.3. The van der Waals surface area contributed by atoms with Crippen LogP contribution in [0.2, 0.25) is 10.0 Å². The Bertz CT molecular complexity index is 606. The van der Waals surface area contributed by atoms with Crippen LogP contribution in [-0.2, 0) is 0 Å². The summed E-state index contributed by atoms with van der Waals surface area (Å²) in [5.41, 5.74) is 3.67. The highest BCUT2D eigenvalue weighted by Gasteiger charge is 2.05. The molecule has 0 spiro atoms. The van der Waals surface area contributed by atoms with Gasteiger partial charge in [0.15, 0.2) is 0 Å². The molecule has 0 radical (unpaired) electrons. The van der Waals surface area contributed by atoms with Gasteiger partial charge in [0, 0.05) is 10.0 Å². The molecule has 0 bridgehead atoms. The van der Waals surface area contributed by atoms with E-state index in [1.54, 1.807) is 0 Å². The molecule has 0 aliphatic heterocycles. The van der Waals surface area contributed by atoms with Crippen LogP contribution in [0, 0.1) is 0 Å². The SMILES string of the molecule is CCCCCCCCCCC=C(c1ccc(Cl)cc1)c1ccc(Cl)cc1. The van der Waals surface area contributed by atoms with Crippen LogP contribution in [0.3, 0.4) is 0 Å². The average Bonchev–Trinajstić information content (AvgIpc) is 2.65. The Morgan fingerprint density at radius 3 is 1.54 bits per heavy atom. The third-order valence-corrected chi connectivity index (χ3v) is 5.22. The first kappa shape index (κ1) is 21.1. The van der Waals surface area contributed by atoms with Gasteiger partial charge in [0.1, 0.15) is 0 Å². The first-order valence-electron chi connectivity index (χ1n) is 9.92. The summed E-state index contributed by atoms with van der Waals surface area (Å²) in [4.78, 5) is 0. The molecule has 0 nitrogen and oxygen atoms in total. The number of hydrogen-bond donors (Lipinski definition) is 0. The molecule has 2 aromatic rings. The van der Waals surface area contributed by atoms with Crippen molar-refractivity contribution >= 4 is 28.8 Å². The van der Waals surface area contributed by atoms with Crippen molar-refractivity contribution in [1.29, 1.82) is 0 Å². The molecule has 2 heteroatoms. The quantitative estimate of drug-likeness (QED) is 0.336. The first-order chi connectivity index (χ1) is 12.7. The highest BCUT2D eigenvalue weighted by Crippen LogP contribution is 2.27. The average molecular weight is 389 g/mol. The third-order valence-electron chi connectivity index (χ3n) is 4.72. The lowest BCUT2D eigenvalue weighted by molar-refractivity contribution is 0.578. The molecular weight excluding hydrogens is 359 g/mol. The summed E-state index contributed by atoms with van der Waals surface area (Å²) in [5.74, 6) is 0. The fourth-order valence-corrected chi connectivity index (χ4v) is 3.44. The van der Waals surface area contributed by atoms with Gasteiger partial charge in [0.25, 0.3) is 0 Å². The maximum atomic E-state index is 6.05. The van der Waals surface area contributed by atoms with Crippen molar-refractivity contribution in [2.75, 3.05) is 0 Å². The summed E-state index contributed by atoms with van der Waals surface area (Å²) in [7, 11) is 0. The molecule has 0 fully saturated rings.